The number of likely N-dealkylation sites (tertiary alicyclic amines) is 1. The Hall–Kier alpha value is -1.91. The van der Waals surface area contributed by atoms with Crippen molar-refractivity contribution in [1.82, 2.24) is 4.90 Å². The Morgan fingerprint density at radius 1 is 1.15 bits per heavy atom. The van der Waals surface area contributed by atoms with E-state index in [2.05, 4.69) is 17.4 Å². The van der Waals surface area contributed by atoms with Gasteiger partial charge in [-0.05, 0) is 70.1 Å². The molecule has 0 unspecified atom stereocenters. The molecule has 0 bridgehead atoms. The molecule has 2 fully saturated rings. The summed E-state index contributed by atoms with van der Waals surface area (Å²) in [6.45, 7) is 7.21. The third-order valence-electron chi connectivity index (χ3n) is 5.41. The molecule has 0 atom stereocenters. The SMILES string of the molecule is CC(C)(C)OC(=O)N1CCC(c2ccc(N)c(NC3CCCC3)c2)CC1. The van der Waals surface area contributed by atoms with Crippen molar-refractivity contribution < 1.29 is 9.53 Å². The van der Waals surface area contributed by atoms with E-state index in [9.17, 15) is 4.79 Å². The van der Waals surface area contributed by atoms with Gasteiger partial charge in [-0.25, -0.2) is 4.79 Å². The van der Waals surface area contributed by atoms with E-state index in [1.807, 2.05) is 31.7 Å². The smallest absolute Gasteiger partial charge is 0.410 e. The molecule has 1 aliphatic carbocycles. The van der Waals surface area contributed by atoms with Crippen LogP contribution in [0.1, 0.15) is 70.8 Å². The predicted molar refractivity (Wildman–Crippen MR) is 107 cm³/mol. The van der Waals surface area contributed by atoms with E-state index < -0.39 is 5.60 Å². The molecule has 1 amide bonds. The van der Waals surface area contributed by atoms with E-state index in [1.54, 1.807) is 0 Å². The van der Waals surface area contributed by atoms with Gasteiger partial charge in [-0.2, -0.15) is 0 Å². The number of benzene rings is 1. The number of nitrogens with two attached hydrogens (primary N) is 1. The maximum Gasteiger partial charge on any atom is 0.410 e. The van der Waals surface area contributed by atoms with Crippen LogP contribution in [0.25, 0.3) is 0 Å². The van der Waals surface area contributed by atoms with Gasteiger partial charge in [0.05, 0.1) is 11.4 Å². The molecule has 1 aliphatic heterocycles. The molecule has 0 aromatic heterocycles. The average Bonchev–Trinajstić information content (AvgIpc) is 3.08. The first-order chi connectivity index (χ1) is 12.3. The van der Waals surface area contributed by atoms with Crippen LogP contribution in [0.2, 0.25) is 0 Å². The summed E-state index contributed by atoms with van der Waals surface area (Å²) in [5.74, 6) is 0.471. The molecule has 1 aromatic rings. The molecule has 1 saturated carbocycles. The van der Waals surface area contributed by atoms with Gasteiger partial charge >= 0.3 is 6.09 Å². The summed E-state index contributed by atoms with van der Waals surface area (Å²) in [7, 11) is 0. The summed E-state index contributed by atoms with van der Waals surface area (Å²) in [5.41, 5.74) is 8.97. The number of amides is 1. The van der Waals surface area contributed by atoms with Crippen molar-refractivity contribution in [2.75, 3.05) is 24.1 Å². The summed E-state index contributed by atoms with van der Waals surface area (Å²) in [5, 5.41) is 3.63. The molecular weight excluding hydrogens is 326 g/mol. The van der Waals surface area contributed by atoms with Gasteiger partial charge < -0.3 is 20.7 Å². The Labute approximate surface area is 157 Å². The van der Waals surface area contributed by atoms with Gasteiger partial charge in [0.2, 0.25) is 0 Å². The van der Waals surface area contributed by atoms with Crippen LogP contribution >= 0.6 is 0 Å². The zero-order valence-corrected chi connectivity index (χ0v) is 16.4. The summed E-state index contributed by atoms with van der Waals surface area (Å²) in [6, 6.07) is 6.94. The van der Waals surface area contributed by atoms with Crippen LogP contribution in [0.5, 0.6) is 0 Å². The molecule has 2 aliphatic rings. The lowest BCUT2D eigenvalue weighted by Crippen LogP contribution is -2.41. The number of hydrogen-bond acceptors (Lipinski definition) is 4. The minimum absolute atomic E-state index is 0.197. The average molecular weight is 360 g/mol. The molecule has 144 valence electrons. The second-order valence-corrected chi connectivity index (χ2v) is 8.71. The van der Waals surface area contributed by atoms with Crippen LogP contribution in [-0.2, 0) is 4.74 Å². The first-order valence-corrected chi connectivity index (χ1v) is 9.96. The molecule has 1 aromatic carbocycles. The van der Waals surface area contributed by atoms with Crippen LogP contribution in [0.4, 0.5) is 16.2 Å². The molecule has 0 spiro atoms. The number of nitrogen functional groups attached to an aromatic ring is 1. The molecule has 3 N–H and O–H groups in total. The highest BCUT2D eigenvalue weighted by atomic mass is 16.6. The van der Waals surface area contributed by atoms with Crippen LogP contribution in [0.3, 0.4) is 0 Å². The quantitative estimate of drug-likeness (QED) is 0.765. The van der Waals surface area contributed by atoms with E-state index >= 15 is 0 Å². The van der Waals surface area contributed by atoms with Gasteiger partial charge in [-0.15, -0.1) is 0 Å². The number of nitrogens with zero attached hydrogens (tertiary/aromatic N) is 1. The van der Waals surface area contributed by atoms with Gasteiger partial charge in [0.25, 0.3) is 0 Å². The lowest BCUT2D eigenvalue weighted by atomic mass is 9.89. The molecule has 0 radical (unpaired) electrons. The summed E-state index contributed by atoms with van der Waals surface area (Å²) in [4.78, 5) is 14.1. The molecule has 1 heterocycles. The second-order valence-electron chi connectivity index (χ2n) is 8.71. The standard InChI is InChI=1S/C21H33N3O2/c1-21(2,3)26-20(25)24-12-10-15(11-13-24)16-8-9-18(22)19(14-16)23-17-6-4-5-7-17/h8-9,14-15,17,23H,4-7,10-13,22H2,1-3H3. The van der Waals surface area contributed by atoms with Crippen molar-refractivity contribution in [2.24, 2.45) is 0 Å². The van der Waals surface area contributed by atoms with Crippen molar-refractivity contribution in [1.29, 1.82) is 0 Å². The lowest BCUT2D eigenvalue weighted by molar-refractivity contribution is 0.0205. The summed E-state index contributed by atoms with van der Waals surface area (Å²) in [6.07, 6.45) is 6.81. The lowest BCUT2D eigenvalue weighted by Gasteiger charge is -2.33. The molecule has 26 heavy (non-hydrogen) atoms. The molecular formula is C21H33N3O2. The number of piperidine rings is 1. The Kier molecular flexibility index (Phi) is 5.64. The topological polar surface area (TPSA) is 67.6 Å². The van der Waals surface area contributed by atoms with Crippen LogP contribution < -0.4 is 11.1 Å². The molecule has 1 saturated heterocycles. The second kappa shape index (κ2) is 7.77. The third-order valence-corrected chi connectivity index (χ3v) is 5.41. The fraction of sp³-hybridized carbons (Fsp3) is 0.667. The van der Waals surface area contributed by atoms with E-state index in [-0.39, 0.29) is 6.09 Å². The Balaban J connectivity index is 1.59. The van der Waals surface area contributed by atoms with E-state index in [0.717, 1.165) is 37.3 Å². The fourth-order valence-electron chi connectivity index (χ4n) is 3.96. The van der Waals surface area contributed by atoms with Gasteiger partial charge in [0, 0.05) is 19.1 Å². The Morgan fingerprint density at radius 3 is 2.42 bits per heavy atom. The predicted octanol–water partition coefficient (Wildman–Crippen LogP) is 4.74. The highest BCUT2D eigenvalue weighted by molar-refractivity contribution is 5.69. The number of anilines is 2. The number of ether oxygens (including phenoxy) is 1. The van der Waals surface area contributed by atoms with Crippen molar-refractivity contribution in [3.8, 4) is 0 Å². The zero-order valence-electron chi connectivity index (χ0n) is 16.4. The zero-order chi connectivity index (χ0) is 18.7. The van der Waals surface area contributed by atoms with E-state index in [4.69, 9.17) is 10.5 Å². The maximum absolute atomic E-state index is 12.2. The number of carbonyl (C=O) groups is 1. The van der Waals surface area contributed by atoms with Gasteiger partial charge in [-0.3, -0.25) is 0 Å². The van der Waals surface area contributed by atoms with Crippen molar-refractivity contribution in [3.05, 3.63) is 23.8 Å². The fourth-order valence-corrected chi connectivity index (χ4v) is 3.96. The number of hydrogen-bond donors (Lipinski definition) is 2. The normalized spacial score (nSPS) is 19.6. The Morgan fingerprint density at radius 2 is 1.81 bits per heavy atom. The van der Waals surface area contributed by atoms with Crippen molar-refractivity contribution in [3.63, 3.8) is 0 Å². The maximum atomic E-state index is 12.2. The monoisotopic (exact) mass is 359 g/mol. The molecule has 3 rings (SSSR count). The van der Waals surface area contributed by atoms with Crippen LogP contribution in [-0.4, -0.2) is 35.7 Å². The van der Waals surface area contributed by atoms with Gasteiger partial charge in [0.15, 0.2) is 0 Å². The largest absolute Gasteiger partial charge is 0.444 e. The van der Waals surface area contributed by atoms with E-state index in [0.29, 0.717) is 12.0 Å². The van der Waals surface area contributed by atoms with Gasteiger partial charge in [0.1, 0.15) is 5.60 Å². The Bertz CT molecular complexity index is 625. The number of rotatable bonds is 3. The first-order valence-electron chi connectivity index (χ1n) is 9.96. The van der Waals surface area contributed by atoms with Crippen LogP contribution in [0.15, 0.2) is 18.2 Å². The highest BCUT2D eigenvalue weighted by Gasteiger charge is 2.27. The summed E-state index contributed by atoms with van der Waals surface area (Å²) < 4.78 is 5.49. The first kappa shape index (κ1) is 18.9. The van der Waals surface area contributed by atoms with Gasteiger partial charge in [-0.1, -0.05) is 18.9 Å². The highest BCUT2D eigenvalue weighted by Crippen LogP contribution is 2.33. The molecule has 5 nitrogen and oxygen atoms in total. The van der Waals surface area contributed by atoms with E-state index in [1.165, 1.54) is 31.2 Å². The van der Waals surface area contributed by atoms with Crippen molar-refractivity contribution >= 4 is 17.5 Å². The minimum atomic E-state index is -0.439. The minimum Gasteiger partial charge on any atom is -0.444 e. The third kappa shape index (κ3) is 4.83. The summed E-state index contributed by atoms with van der Waals surface area (Å²) >= 11 is 0. The van der Waals surface area contributed by atoms with Crippen LogP contribution in [0, 0.1) is 0 Å². The number of nitrogens with one attached hydrogen (secondary N) is 1. The number of carbonyl (C=O) groups excluding carboxylic acids is 1. The molecule has 5 heteroatoms. The van der Waals surface area contributed by atoms with Crippen molar-refractivity contribution in [2.45, 2.75) is 76.9 Å².